The predicted octanol–water partition coefficient (Wildman–Crippen LogP) is 1.69. The second kappa shape index (κ2) is 4.28. The van der Waals surface area contributed by atoms with Gasteiger partial charge in [-0.1, -0.05) is 25.1 Å². The lowest BCUT2D eigenvalue weighted by molar-refractivity contribution is -0.155. The van der Waals surface area contributed by atoms with Gasteiger partial charge in [0.15, 0.2) is 0 Å². The van der Waals surface area contributed by atoms with Gasteiger partial charge in [-0.2, -0.15) is 0 Å². The van der Waals surface area contributed by atoms with Crippen LogP contribution in [0.25, 0.3) is 0 Å². The number of likely N-dealkylation sites (tertiary alicyclic amines) is 1. The molecule has 0 radical (unpaired) electrons. The van der Waals surface area contributed by atoms with Crippen molar-refractivity contribution in [3.05, 3.63) is 29.8 Å². The number of fused-ring (bicyclic) bond motifs is 1. The summed E-state index contributed by atoms with van der Waals surface area (Å²) < 4.78 is 0. The van der Waals surface area contributed by atoms with Crippen LogP contribution in [-0.2, 0) is 11.2 Å². The first-order chi connectivity index (χ1) is 8.61. The molecule has 1 saturated heterocycles. The van der Waals surface area contributed by atoms with Crippen molar-refractivity contribution in [2.75, 3.05) is 13.1 Å². The monoisotopic (exact) mass is 263 g/mol. The molecule has 1 aromatic rings. The Kier molecular flexibility index (Phi) is 2.87. The SMILES string of the molecule is CCC1(O)CN(C(=O)C2Cc3ccccc3S2)C1. The molecule has 1 atom stereocenters. The zero-order valence-electron chi connectivity index (χ0n) is 10.4. The maximum Gasteiger partial charge on any atom is 0.236 e. The van der Waals surface area contributed by atoms with Gasteiger partial charge in [-0.05, 0) is 24.5 Å². The molecule has 18 heavy (non-hydrogen) atoms. The average Bonchev–Trinajstić information content (AvgIpc) is 2.77. The standard InChI is InChI=1S/C14H17NO2S/c1-2-14(17)8-15(9-14)13(16)12-7-10-5-3-4-6-11(10)18-12/h3-6,12,17H,2,7-9H2,1H3. The van der Waals surface area contributed by atoms with Crippen molar-refractivity contribution in [2.24, 2.45) is 0 Å². The van der Waals surface area contributed by atoms with Gasteiger partial charge in [0.25, 0.3) is 0 Å². The molecule has 1 fully saturated rings. The summed E-state index contributed by atoms with van der Waals surface area (Å²) in [5.74, 6) is 0.175. The zero-order valence-corrected chi connectivity index (χ0v) is 11.2. The van der Waals surface area contributed by atoms with Crippen molar-refractivity contribution in [3.8, 4) is 0 Å². The lowest BCUT2D eigenvalue weighted by Gasteiger charge is -2.46. The van der Waals surface area contributed by atoms with Gasteiger partial charge in [-0.25, -0.2) is 0 Å². The number of aliphatic hydroxyl groups is 1. The van der Waals surface area contributed by atoms with Gasteiger partial charge in [0.2, 0.25) is 5.91 Å². The van der Waals surface area contributed by atoms with Gasteiger partial charge < -0.3 is 10.0 Å². The van der Waals surface area contributed by atoms with Crippen LogP contribution in [0.5, 0.6) is 0 Å². The molecule has 1 aromatic carbocycles. The van der Waals surface area contributed by atoms with E-state index in [1.54, 1.807) is 16.7 Å². The number of β-amino-alcohol motifs (C(OH)–C–C–N with tert-alkyl or cyclic N) is 1. The molecule has 4 heteroatoms. The van der Waals surface area contributed by atoms with E-state index in [0.29, 0.717) is 13.1 Å². The maximum absolute atomic E-state index is 12.3. The zero-order chi connectivity index (χ0) is 12.8. The average molecular weight is 263 g/mol. The molecule has 1 amide bonds. The number of hydrogen-bond donors (Lipinski definition) is 1. The van der Waals surface area contributed by atoms with Crippen LogP contribution in [0, 0.1) is 0 Å². The first kappa shape index (κ1) is 12.1. The maximum atomic E-state index is 12.3. The van der Waals surface area contributed by atoms with E-state index in [1.807, 2.05) is 19.1 Å². The summed E-state index contributed by atoms with van der Waals surface area (Å²) in [5.41, 5.74) is 0.637. The molecule has 1 unspecified atom stereocenters. The molecule has 1 N–H and O–H groups in total. The number of carbonyl (C=O) groups excluding carboxylic acids is 1. The Morgan fingerprint density at radius 2 is 2.22 bits per heavy atom. The Morgan fingerprint density at radius 3 is 2.89 bits per heavy atom. The molecule has 96 valence electrons. The third-order valence-corrected chi connectivity index (χ3v) is 5.17. The fourth-order valence-corrected chi connectivity index (χ4v) is 3.85. The minimum Gasteiger partial charge on any atom is -0.386 e. The van der Waals surface area contributed by atoms with Crippen molar-refractivity contribution in [1.29, 1.82) is 0 Å². The number of hydrogen-bond acceptors (Lipinski definition) is 3. The Bertz CT molecular complexity index is 457. The van der Waals surface area contributed by atoms with E-state index in [9.17, 15) is 9.90 Å². The van der Waals surface area contributed by atoms with Gasteiger partial charge in [0.1, 0.15) is 0 Å². The Morgan fingerprint density at radius 1 is 1.50 bits per heavy atom. The number of amides is 1. The third kappa shape index (κ3) is 1.93. The van der Waals surface area contributed by atoms with Crippen molar-refractivity contribution in [1.82, 2.24) is 4.90 Å². The highest BCUT2D eigenvalue weighted by molar-refractivity contribution is 8.01. The number of thioether (sulfide) groups is 1. The lowest BCUT2D eigenvalue weighted by Crippen LogP contribution is -2.64. The Balaban J connectivity index is 1.64. The molecule has 0 aromatic heterocycles. The highest BCUT2D eigenvalue weighted by atomic mass is 32.2. The summed E-state index contributed by atoms with van der Waals surface area (Å²) in [5, 5.41) is 9.96. The summed E-state index contributed by atoms with van der Waals surface area (Å²) in [4.78, 5) is 15.3. The van der Waals surface area contributed by atoms with Crippen LogP contribution in [0.15, 0.2) is 29.2 Å². The van der Waals surface area contributed by atoms with Crippen LogP contribution < -0.4 is 0 Å². The first-order valence-electron chi connectivity index (χ1n) is 6.37. The van der Waals surface area contributed by atoms with E-state index in [-0.39, 0.29) is 11.2 Å². The fourth-order valence-electron chi connectivity index (χ4n) is 2.57. The van der Waals surface area contributed by atoms with Crippen molar-refractivity contribution >= 4 is 17.7 Å². The molecular weight excluding hydrogens is 246 g/mol. The quantitative estimate of drug-likeness (QED) is 0.882. The molecule has 0 aliphatic carbocycles. The predicted molar refractivity (Wildman–Crippen MR) is 71.6 cm³/mol. The van der Waals surface area contributed by atoms with Gasteiger partial charge >= 0.3 is 0 Å². The van der Waals surface area contributed by atoms with Gasteiger partial charge in [0.05, 0.1) is 23.9 Å². The largest absolute Gasteiger partial charge is 0.386 e. The van der Waals surface area contributed by atoms with E-state index >= 15 is 0 Å². The molecular formula is C14H17NO2S. The minimum absolute atomic E-state index is 0.00352. The van der Waals surface area contributed by atoms with Crippen LogP contribution in [-0.4, -0.2) is 39.9 Å². The highest BCUT2D eigenvalue weighted by Gasteiger charge is 2.44. The van der Waals surface area contributed by atoms with Crippen molar-refractivity contribution < 1.29 is 9.90 Å². The number of carbonyl (C=O) groups is 1. The molecule has 3 nitrogen and oxygen atoms in total. The molecule has 0 saturated carbocycles. The second-order valence-corrected chi connectivity index (χ2v) is 6.44. The smallest absolute Gasteiger partial charge is 0.236 e. The third-order valence-electron chi connectivity index (χ3n) is 3.86. The molecule has 2 aliphatic heterocycles. The molecule has 2 aliphatic rings. The van der Waals surface area contributed by atoms with Crippen molar-refractivity contribution in [3.63, 3.8) is 0 Å². The second-order valence-electron chi connectivity index (χ2n) is 5.19. The van der Waals surface area contributed by atoms with E-state index in [4.69, 9.17) is 0 Å². The summed E-state index contributed by atoms with van der Waals surface area (Å²) >= 11 is 1.66. The summed E-state index contributed by atoms with van der Waals surface area (Å²) in [6.07, 6.45) is 1.54. The summed E-state index contributed by atoms with van der Waals surface area (Å²) in [6.45, 7) is 2.95. The fraction of sp³-hybridized carbons (Fsp3) is 0.500. The first-order valence-corrected chi connectivity index (χ1v) is 7.25. The normalized spacial score (nSPS) is 24.6. The molecule has 3 rings (SSSR count). The van der Waals surface area contributed by atoms with E-state index in [1.165, 1.54) is 10.5 Å². The number of rotatable bonds is 2. The van der Waals surface area contributed by atoms with Crippen LogP contribution in [0.4, 0.5) is 0 Å². The Labute approximate surface area is 111 Å². The number of benzene rings is 1. The van der Waals surface area contributed by atoms with E-state index in [0.717, 1.165) is 12.8 Å². The van der Waals surface area contributed by atoms with Gasteiger partial charge in [-0.3, -0.25) is 4.79 Å². The van der Waals surface area contributed by atoms with Crippen LogP contribution in [0.1, 0.15) is 18.9 Å². The topological polar surface area (TPSA) is 40.5 Å². The Hall–Kier alpha value is -1.00. The lowest BCUT2D eigenvalue weighted by atomic mass is 9.91. The van der Waals surface area contributed by atoms with Gasteiger partial charge in [0, 0.05) is 4.90 Å². The van der Waals surface area contributed by atoms with Gasteiger partial charge in [-0.15, -0.1) is 11.8 Å². The van der Waals surface area contributed by atoms with Crippen LogP contribution in [0.2, 0.25) is 0 Å². The molecule has 0 bridgehead atoms. The van der Waals surface area contributed by atoms with E-state index < -0.39 is 5.60 Å². The summed E-state index contributed by atoms with van der Waals surface area (Å²) in [6, 6.07) is 8.20. The van der Waals surface area contributed by atoms with Crippen LogP contribution >= 0.6 is 11.8 Å². The minimum atomic E-state index is -0.633. The molecule has 2 heterocycles. The number of nitrogens with zero attached hydrogens (tertiary/aromatic N) is 1. The van der Waals surface area contributed by atoms with Crippen LogP contribution in [0.3, 0.4) is 0 Å². The van der Waals surface area contributed by atoms with Crippen molar-refractivity contribution in [2.45, 2.75) is 35.5 Å². The van der Waals surface area contributed by atoms with E-state index in [2.05, 4.69) is 12.1 Å². The summed E-state index contributed by atoms with van der Waals surface area (Å²) in [7, 11) is 0. The molecule has 0 spiro atoms. The highest BCUT2D eigenvalue weighted by Crippen LogP contribution is 2.39.